The summed E-state index contributed by atoms with van der Waals surface area (Å²) in [5.41, 5.74) is 3.46. The van der Waals surface area contributed by atoms with Crippen molar-refractivity contribution in [1.29, 1.82) is 0 Å². The SMILES string of the molecule is Cc1ccc(C(C[Si](C)(C)C)(C(=O)Nc2ccccc2)n2nnc3ccccc32)cc1. The molecule has 0 saturated carbocycles. The quantitative estimate of drug-likeness (QED) is 0.415. The Morgan fingerprint density at radius 2 is 1.58 bits per heavy atom. The third-order valence-corrected chi connectivity index (χ3v) is 7.01. The summed E-state index contributed by atoms with van der Waals surface area (Å²) in [6.07, 6.45) is 0. The lowest BCUT2D eigenvalue weighted by molar-refractivity contribution is -0.122. The van der Waals surface area contributed by atoms with Crippen LogP contribution in [0.25, 0.3) is 11.0 Å². The minimum Gasteiger partial charge on any atom is -0.324 e. The highest BCUT2D eigenvalue weighted by Crippen LogP contribution is 2.38. The van der Waals surface area contributed by atoms with Crippen LogP contribution in [0.2, 0.25) is 25.7 Å². The Hall–Kier alpha value is -3.25. The Labute approximate surface area is 184 Å². The molecule has 1 N–H and O–H groups in total. The van der Waals surface area contributed by atoms with Crippen molar-refractivity contribution in [3.63, 3.8) is 0 Å². The van der Waals surface area contributed by atoms with Crippen LogP contribution in [-0.2, 0) is 10.3 Å². The van der Waals surface area contributed by atoms with Crippen molar-refractivity contribution < 1.29 is 4.79 Å². The van der Waals surface area contributed by atoms with Crippen molar-refractivity contribution in [3.05, 3.63) is 90.0 Å². The van der Waals surface area contributed by atoms with Crippen LogP contribution in [0.4, 0.5) is 5.69 Å². The molecule has 0 bridgehead atoms. The lowest BCUT2D eigenvalue weighted by atomic mass is 9.89. The molecule has 1 atom stereocenters. The van der Waals surface area contributed by atoms with Crippen LogP contribution < -0.4 is 5.32 Å². The van der Waals surface area contributed by atoms with Crippen molar-refractivity contribution in [3.8, 4) is 0 Å². The number of rotatable bonds is 6. The zero-order valence-electron chi connectivity index (χ0n) is 18.5. The van der Waals surface area contributed by atoms with E-state index >= 15 is 0 Å². The van der Waals surface area contributed by atoms with Gasteiger partial charge in [-0.25, -0.2) is 4.68 Å². The van der Waals surface area contributed by atoms with Gasteiger partial charge in [-0.2, -0.15) is 0 Å². The van der Waals surface area contributed by atoms with Gasteiger partial charge in [-0.3, -0.25) is 4.79 Å². The molecule has 0 radical (unpaired) electrons. The van der Waals surface area contributed by atoms with E-state index in [4.69, 9.17) is 0 Å². The summed E-state index contributed by atoms with van der Waals surface area (Å²) in [5, 5.41) is 12.1. The molecule has 5 nitrogen and oxygen atoms in total. The summed E-state index contributed by atoms with van der Waals surface area (Å²) in [5.74, 6) is -0.0966. The molecule has 3 aromatic carbocycles. The second-order valence-electron chi connectivity index (χ2n) is 9.27. The lowest BCUT2D eigenvalue weighted by Crippen LogP contribution is -2.51. The van der Waals surface area contributed by atoms with Crippen molar-refractivity contribution in [2.24, 2.45) is 0 Å². The van der Waals surface area contributed by atoms with E-state index in [-0.39, 0.29) is 5.91 Å². The van der Waals surface area contributed by atoms with Gasteiger partial charge in [0, 0.05) is 13.8 Å². The van der Waals surface area contributed by atoms with Crippen LogP contribution >= 0.6 is 0 Å². The van der Waals surface area contributed by atoms with Gasteiger partial charge < -0.3 is 5.32 Å². The van der Waals surface area contributed by atoms with Crippen molar-refractivity contribution in [2.45, 2.75) is 38.1 Å². The van der Waals surface area contributed by atoms with Gasteiger partial charge in [-0.15, -0.1) is 5.10 Å². The molecule has 158 valence electrons. The number of hydrogen-bond acceptors (Lipinski definition) is 3. The predicted molar refractivity (Wildman–Crippen MR) is 129 cm³/mol. The molecule has 6 heteroatoms. The standard InChI is InChI=1S/C25H28N4OSi/c1-19-14-16-20(17-15-19)25(18-31(2,3)4,24(30)26-21-10-6-5-7-11-21)29-23-13-9-8-12-22(23)27-28-29/h5-17H,18H2,1-4H3,(H,26,30). The first-order valence-electron chi connectivity index (χ1n) is 10.5. The van der Waals surface area contributed by atoms with Crippen LogP contribution in [0, 0.1) is 6.92 Å². The van der Waals surface area contributed by atoms with E-state index in [9.17, 15) is 4.79 Å². The smallest absolute Gasteiger partial charge is 0.256 e. The lowest BCUT2D eigenvalue weighted by Gasteiger charge is -2.37. The summed E-state index contributed by atoms with van der Waals surface area (Å²) in [7, 11) is -1.76. The fourth-order valence-corrected chi connectivity index (χ4v) is 6.16. The molecule has 0 aliphatic rings. The van der Waals surface area contributed by atoms with E-state index in [1.165, 1.54) is 0 Å². The summed E-state index contributed by atoms with van der Waals surface area (Å²) < 4.78 is 1.84. The molecule has 0 spiro atoms. The van der Waals surface area contributed by atoms with Gasteiger partial charge >= 0.3 is 0 Å². The zero-order valence-corrected chi connectivity index (χ0v) is 19.5. The minimum absolute atomic E-state index is 0.0966. The monoisotopic (exact) mass is 428 g/mol. The van der Waals surface area contributed by atoms with Gasteiger partial charge in [0.25, 0.3) is 5.91 Å². The maximum absolute atomic E-state index is 14.2. The molecular weight excluding hydrogens is 400 g/mol. The first-order valence-corrected chi connectivity index (χ1v) is 14.2. The molecule has 0 aliphatic heterocycles. The number of carbonyl (C=O) groups excluding carboxylic acids is 1. The van der Waals surface area contributed by atoms with Crippen LogP contribution in [0.5, 0.6) is 0 Å². The number of amides is 1. The van der Waals surface area contributed by atoms with Crippen molar-refractivity contribution >= 4 is 30.7 Å². The highest BCUT2D eigenvalue weighted by molar-refractivity contribution is 6.76. The maximum Gasteiger partial charge on any atom is 0.256 e. The number of anilines is 1. The van der Waals surface area contributed by atoms with Crippen LogP contribution in [-0.4, -0.2) is 29.0 Å². The highest BCUT2D eigenvalue weighted by atomic mass is 28.3. The number of nitrogens with one attached hydrogen (secondary N) is 1. The average Bonchev–Trinajstić information content (AvgIpc) is 3.17. The molecule has 4 aromatic rings. The molecule has 0 fully saturated rings. The molecule has 0 saturated heterocycles. The maximum atomic E-state index is 14.2. The second-order valence-corrected chi connectivity index (χ2v) is 14.7. The van der Waals surface area contributed by atoms with Gasteiger partial charge in [-0.05, 0) is 42.8 Å². The van der Waals surface area contributed by atoms with Gasteiger partial charge in [0.15, 0.2) is 5.54 Å². The van der Waals surface area contributed by atoms with E-state index < -0.39 is 13.6 Å². The fourth-order valence-electron chi connectivity index (χ4n) is 4.11. The van der Waals surface area contributed by atoms with Crippen molar-refractivity contribution in [1.82, 2.24) is 15.0 Å². The summed E-state index contributed by atoms with van der Waals surface area (Å²) >= 11 is 0. The Morgan fingerprint density at radius 1 is 0.935 bits per heavy atom. The number of para-hydroxylation sites is 2. The van der Waals surface area contributed by atoms with Gasteiger partial charge in [-0.1, -0.05) is 85.0 Å². The molecule has 31 heavy (non-hydrogen) atoms. The van der Waals surface area contributed by atoms with E-state index in [0.29, 0.717) is 6.04 Å². The number of fused-ring (bicyclic) bond motifs is 1. The minimum atomic E-state index is -1.76. The number of aromatic nitrogens is 3. The van der Waals surface area contributed by atoms with Gasteiger partial charge in [0.05, 0.1) is 5.52 Å². The predicted octanol–water partition coefficient (Wildman–Crippen LogP) is 5.46. The summed E-state index contributed by atoms with van der Waals surface area (Å²) in [4.78, 5) is 14.2. The number of carbonyl (C=O) groups is 1. The second kappa shape index (κ2) is 8.11. The Morgan fingerprint density at radius 3 is 2.26 bits per heavy atom. The fraction of sp³-hybridized carbons (Fsp3) is 0.240. The molecule has 1 aromatic heterocycles. The highest BCUT2D eigenvalue weighted by Gasteiger charge is 2.47. The normalized spacial score (nSPS) is 13.7. The third-order valence-electron chi connectivity index (χ3n) is 5.44. The number of aryl methyl sites for hydroxylation is 1. The third kappa shape index (κ3) is 4.16. The molecule has 1 amide bonds. The number of benzene rings is 3. The van der Waals surface area contributed by atoms with Crippen molar-refractivity contribution in [2.75, 3.05) is 5.32 Å². The topological polar surface area (TPSA) is 59.8 Å². The van der Waals surface area contributed by atoms with E-state index in [1.54, 1.807) is 0 Å². The Balaban J connectivity index is 1.98. The summed E-state index contributed by atoms with van der Waals surface area (Å²) in [6, 6.07) is 26.3. The van der Waals surface area contributed by atoms with Gasteiger partial charge in [0.1, 0.15) is 5.52 Å². The first kappa shape index (κ1) is 21.0. The average molecular weight is 429 g/mol. The molecule has 1 unspecified atom stereocenters. The number of nitrogens with zero attached hydrogens (tertiary/aromatic N) is 3. The van der Waals surface area contributed by atoms with Crippen LogP contribution in [0.1, 0.15) is 11.1 Å². The number of hydrogen-bond donors (Lipinski definition) is 1. The largest absolute Gasteiger partial charge is 0.324 e. The van der Waals surface area contributed by atoms with E-state index in [2.05, 4.69) is 66.5 Å². The molecule has 1 heterocycles. The molecule has 0 aliphatic carbocycles. The van der Waals surface area contributed by atoms with Gasteiger partial charge in [0.2, 0.25) is 0 Å². The molecular formula is C25H28N4OSi. The van der Waals surface area contributed by atoms with Crippen LogP contribution in [0.15, 0.2) is 78.9 Å². The Kier molecular flexibility index (Phi) is 5.50. The van der Waals surface area contributed by atoms with E-state index in [1.807, 2.05) is 59.3 Å². The first-order chi connectivity index (χ1) is 14.8. The zero-order chi connectivity index (χ0) is 22.1. The molecule has 4 rings (SSSR count). The van der Waals surface area contributed by atoms with Crippen LogP contribution in [0.3, 0.4) is 0 Å². The summed E-state index contributed by atoms with van der Waals surface area (Å²) in [6.45, 7) is 8.90. The Bertz CT molecular complexity index is 1200. The van der Waals surface area contributed by atoms with E-state index in [0.717, 1.165) is 27.8 Å².